The van der Waals surface area contributed by atoms with E-state index >= 15 is 0 Å². The largest absolute Gasteiger partial charge is 0.456 e. The maximum atomic E-state index is 12.1. The van der Waals surface area contributed by atoms with E-state index in [0.29, 0.717) is 19.4 Å². The van der Waals surface area contributed by atoms with Crippen LogP contribution in [0.2, 0.25) is 0 Å². The van der Waals surface area contributed by atoms with Gasteiger partial charge in [-0.2, -0.15) is 0 Å². The number of rotatable bonds is 6. The van der Waals surface area contributed by atoms with Gasteiger partial charge < -0.3 is 4.74 Å². The molecule has 0 unspecified atom stereocenters. The average Bonchev–Trinajstić information content (AvgIpc) is 2.97. The van der Waals surface area contributed by atoms with Crippen molar-refractivity contribution < 1.29 is 27.5 Å². The predicted molar refractivity (Wildman–Crippen MR) is 84.8 cm³/mol. The van der Waals surface area contributed by atoms with Crippen molar-refractivity contribution in [3.8, 4) is 0 Å². The Morgan fingerprint density at radius 2 is 1.88 bits per heavy atom. The van der Waals surface area contributed by atoms with Gasteiger partial charge in [0.05, 0.1) is 17.1 Å². The van der Waals surface area contributed by atoms with E-state index in [2.05, 4.69) is 0 Å². The lowest BCUT2D eigenvalue weighted by molar-refractivity contribution is -0.154. The zero-order valence-corrected chi connectivity index (χ0v) is 14.2. The molecule has 0 atom stereocenters. The topological polar surface area (TPSA) is 97.8 Å². The number of esters is 1. The number of ether oxygens (including phenoxy) is 1. The molecule has 2 rings (SSSR count). The number of sulfone groups is 1. The van der Waals surface area contributed by atoms with E-state index in [-0.39, 0.29) is 17.2 Å². The zero-order valence-electron chi connectivity index (χ0n) is 13.4. The number of aryl methyl sites for hydroxylation is 1. The van der Waals surface area contributed by atoms with Crippen LogP contribution in [0.25, 0.3) is 0 Å². The molecule has 1 fully saturated rings. The molecule has 24 heavy (non-hydrogen) atoms. The first-order valence-electron chi connectivity index (χ1n) is 7.58. The van der Waals surface area contributed by atoms with Gasteiger partial charge in [0.1, 0.15) is 0 Å². The predicted octanol–water partition coefficient (Wildman–Crippen LogP) is 0.851. The van der Waals surface area contributed by atoms with Crippen molar-refractivity contribution in [3.63, 3.8) is 0 Å². The third-order valence-electron chi connectivity index (χ3n) is 3.69. The summed E-state index contributed by atoms with van der Waals surface area (Å²) in [6.07, 6.45) is 0.569. The molecular weight excluding hydrogens is 334 g/mol. The van der Waals surface area contributed by atoms with E-state index in [9.17, 15) is 22.8 Å². The molecule has 1 heterocycles. The van der Waals surface area contributed by atoms with E-state index in [1.54, 1.807) is 12.1 Å². The monoisotopic (exact) mass is 353 g/mol. The van der Waals surface area contributed by atoms with Crippen LogP contribution in [0.1, 0.15) is 24.8 Å². The van der Waals surface area contributed by atoms with E-state index < -0.39 is 34.1 Å². The molecule has 1 aromatic rings. The number of benzene rings is 1. The first kappa shape index (κ1) is 18.1. The molecule has 0 saturated carbocycles. The third kappa shape index (κ3) is 4.64. The minimum Gasteiger partial charge on any atom is -0.456 e. The van der Waals surface area contributed by atoms with Gasteiger partial charge in [0.15, 0.2) is 16.4 Å². The molecule has 0 N–H and O–H groups in total. The quantitative estimate of drug-likeness (QED) is 0.703. The Morgan fingerprint density at radius 1 is 1.21 bits per heavy atom. The number of carbonyl (C=O) groups is 3. The Bertz CT molecular complexity index is 738. The fourth-order valence-corrected chi connectivity index (χ4v) is 3.51. The van der Waals surface area contributed by atoms with Crippen LogP contribution in [-0.2, 0) is 29.0 Å². The molecule has 0 aromatic heterocycles. The molecular formula is C16H19NO6S. The normalized spacial score (nSPS) is 14.7. The van der Waals surface area contributed by atoms with Gasteiger partial charge in [-0.3, -0.25) is 19.3 Å². The summed E-state index contributed by atoms with van der Waals surface area (Å²) in [5, 5.41) is 0. The fourth-order valence-electron chi connectivity index (χ4n) is 2.29. The summed E-state index contributed by atoms with van der Waals surface area (Å²) in [6, 6.07) is 6.32. The average molecular weight is 353 g/mol. The van der Waals surface area contributed by atoms with Crippen molar-refractivity contribution in [3.05, 3.63) is 29.8 Å². The molecule has 2 amide bonds. The van der Waals surface area contributed by atoms with Gasteiger partial charge >= 0.3 is 5.97 Å². The molecule has 1 aliphatic heterocycles. The van der Waals surface area contributed by atoms with Crippen LogP contribution in [0.4, 0.5) is 0 Å². The maximum Gasteiger partial charge on any atom is 0.307 e. The van der Waals surface area contributed by atoms with Crippen molar-refractivity contribution >= 4 is 27.6 Å². The number of likely N-dealkylation sites (tertiary alicyclic amines) is 1. The Balaban J connectivity index is 1.81. The van der Waals surface area contributed by atoms with E-state index in [1.807, 2.05) is 6.92 Å². The SMILES string of the molecule is Cc1ccc(S(=O)(=O)CCC(=O)OCC(=O)N2CCCC2=O)cc1. The molecule has 7 nitrogen and oxygen atoms in total. The number of nitrogens with zero attached hydrogens (tertiary/aromatic N) is 1. The van der Waals surface area contributed by atoms with Gasteiger partial charge in [-0.25, -0.2) is 8.42 Å². The van der Waals surface area contributed by atoms with Crippen molar-refractivity contribution in [1.82, 2.24) is 4.90 Å². The molecule has 0 radical (unpaired) electrons. The van der Waals surface area contributed by atoms with E-state index in [4.69, 9.17) is 4.74 Å². The van der Waals surface area contributed by atoms with E-state index in [0.717, 1.165) is 10.5 Å². The molecule has 130 valence electrons. The summed E-state index contributed by atoms with van der Waals surface area (Å²) in [5.74, 6) is -2.04. The second-order valence-corrected chi connectivity index (χ2v) is 7.69. The van der Waals surface area contributed by atoms with Crippen LogP contribution >= 0.6 is 0 Å². The Morgan fingerprint density at radius 3 is 2.46 bits per heavy atom. The van der Waals surface area contributed by atoms with Crippen LogP contribution in [-0.4, -0.2) is 50.0 Å². The molecule has 1 aliphatic rings. The second kappa shape index (κ2) is 7.57. The lowest BCUT2D eigenvalue weighted by Gasteiger charge is -2.13. The summed E-state index contributed by atoms with van der Waals surface area (Å²) >= 11 is 0. The highest BCUT2D eigenvalue weighted by Crippen LogP contribution is 2.13. The van der Waals surface area contributed by atoms with Crippen LogP contribution in [0.5, 0.6) is 0 Å². The molecule has 0 aliphatic carbocycles. The molecule has 0 spiro atoms. The second-order valence-electron chi connectivity index (χ2n) is 5.59. The Kier molecular flexibility index (Phi) is 5.71. The van der Waals surface area contributed by atoms with Crippen molar-refractivity contribution in [1.29, 1.82) is 0 Å². The highest BCUT2D eigenvalue weighted by atomic mass is 32.2. The van der Waals surface area contributed by atoms with Gasteiger partial charge in [-0.05, 0) is 25.5 Å². The summed E-state index contributed by atoms with van der Waals surface area (Å²) in [7, 11) is -3.59. The summed E-state index contributed by atoms with van der Waals surface area (Å²) in [6.45, 7) is 1.63. The number of hydrogen-bond donors (Lipinski definition) is 0. The van der Waals surface area contributed by atoms with Crippen LogP contribution < -0.4 is 0 Å². The zero-order chi connectivity index (χ0) is 17.7. The fraction of sp³-hybridized carbons (Fsp3) is 0.438. The minimum absolute atomic E-state index is 0.139. The first-order chi connectivity index (χ1) is 11.3. The lowest BCUT2D eigenvalue weighted by Crippen LogP contribution is -2.35. The summed E-state index contributed by atoms with van der Waals surface area (Å²) in [4.78, 5) is 35.9. The van der Waals surface area contributed by atoms with Gasteiger partial charge in [0, 0.05) is 13.0 Å². The van der Waals surface area contributed by atoms with Crippen LogP contribution in [0, 0.1) is 6.92 Å². The molecule has 1 saturated heterocycles. The number of amides is 2. The van der Waals surface area contributed by atoms with Gasteiger partial charge in [-0.15, -0.1) is 0 Å². The highest BCUT2D eigenvalue weighted by molar-refractivity contribution is 7.91. The summed E-state index contributed by atoms with van der Waals surface area (Å²) < 4.78 is 29.0. The van der Waals surface area contributed by atoms with Gasteiger partial charge in [-0.1, -0.05) is 17.7 Å². The first-order valence-corrected chi connectivity index (χ1v) is 9.23. The van der Waals surface area contributed by atoms with Gasteiger partial charge in [0.25, 0.3) is 5.91 Å². The van der Waals surface area contributed by atoms with Gasteiger partial charge in [0.2, 0.25) is 5.91 Å². The van der Waals surface area contributed by atoms with Crippen molar-refractivity contribution in [2.24, 2.45) is 0 Å². The number of imide groups is 1. The van der Waals surface area contributed by atoms with Crippen LogP contribution in [0.3, 0.4) is 0 Å². The molecule has 1 aromatic carbocycles. The van der Waals surface area contributed by atoms with Crippen LogP contribution in [0.15, 0.2) is 29.2 Å². The number of carbonyl (C=O) groups excluding carboxylic acids is 3. The third-order valence-corrected chi connectivity index (χ3v) is 5.42. The molecule has 8 heteroatoms. The standard InChI is InChI=1S/C16H19NO6S/c1-12-4-6-13(7-5-12)24(21,22)10-8-16(20)23-11-15(19)17-9-2-3-14(17)18/h4-7H,2-3,8-11H2,1H3. The molecule has 0 bridgehead atoms. The summed E-state index contributed by atoms with van der Waals surface area (Å²) in [5.41, 5.74) is 0.934. The van der Waals surface area contributed by atoms with E-state index in [1.165, 1.54) is 12.1 Å². The number of hydrogen-bond acceptors (Lipinski definition) is 6. The smallest absolute Gasteiger partial charge is 0.307 e. The van der Waals surface area contributed by atoms with Crippen molar-refractivity contribution in [2.75, 3.05) is 18.9 Å². The highest BCUT2D eigenvalue weighted by Gasteiger charge is 2.27. The minimum atomic E-state index is -3.59. The Hall–Kier alpha value is -2.22. The Labute approximate surface area is 140 Å². The lowest BCUT2D eigenvalue weighted by atomic mass is 10.2. The maximum absolute atomic E-state index is 12.1. The van der Waals surface area contributed by atoms with Crippen molar-refractivity contribution in [2.45, 2.75) is 31.1 Å².